The van der Waals surface area contributed by atoms with Gasteiger partial charge >= 0.3 is 23.9 Å². The quantitative estimate of drug-likeness (QED) is 0.0335. The number of hydrogen-bond acceptors (Lipinski definition) is 14. The van der Waals surface area contributed by atoms with Crippen molar-refractivity contribution in [2.45, 2.75) is 147 Å². The Labute approximate surface area is 368 Å². The van der Waals surface area contributed by atoms with Crippen molar-refractivity contribution in [1.29, 1.82) is 0 Å². The lowest BCUT2D eigenvalue weighted by Gasteiger charge is -2.30. The molecule has 0 spiro atoms. The predicted molar refractivity (Wildman–Crippen MR) is 224 cm³/mol. The van der Waals surface area contributed by atoms with Crippen LogP contribution in [-0.4, -0.2) is 157 Å². The van der Waals surface area contributed by atoms with E-state index in [2.05, 4.69) is 37.2 Å². The van der Waals surface area contributed by atoms with Gasteiger partial charge in [-0.25, -0.2) is 4.79 Å². The van der Waals surface area contributed by atoms with Crippen molar-refractivity contribution >= 4 is 77.0 Å². The van der Waals surface area contributed by atoms with Crippen LogP contribution in [0.3, 0.4) is 0 Å². The molecule has 10 atom stereocenters. The number of rotatable bonds is 31. The molecule has 63 heavy (non-hydrogen) atoms. The highest BCUT2D eigenvalue weighted by molar-refractivity contribution is 7.98. The van der Waals surface area contributed by atoms with Gasteiger partial charge in [-0.15, -0.1) is 0 Å². The first kappa shape index (κ1) is 57.4. The lowest BCUT2D eigenvalue weighted by Crippen LogP contribution is -2.61. The molecular weight excluding hydrogens is 857 g/mol. The first-order valence-electron chi connectivity index (χ1n) is 20.2. The number of aliphatic carboxylic acids is 4. The molecule has 358 valence electrons. The monoisotopic (exact) mass is 920 g/mol. The fraction of sp³-hybridized carbons (Fsp3) is 0.711. The van der Waals surface area contributed by atoms with Crippen molar-refractivity contribution in [3.8, 4) is 0 Å². The second kappa shape index (κ2) is 28.9. The Kier molecular flexibility index (Phi) is 26.4. The van der Waals surface area contributed by atoms with Gasteiger partial charge in [0.15, 0.2) is 0 Å². The Hall–Kier alpha value is -5.56. The number of carbonyl (C=O) groups is 11. The molecule has 0 heterocycles. The Bertz CT molecular complexity index is 1630. The topological polar surface area (TPSA) is 399 Å². The maximum Gasteiger partial charge on any atom is 0.326 e. The molecule has 0 aromatic rings. The second-order valence-electron chi connectivity index (χ2n) is 15.4. The molecule has 0 bridgehead atoms. The van der Waals surface area contributed by atoms with E-state index in [4.69, 9.17) is 10.8 Å². The van der Waals surface area contributed by atoms with Crippen LogP contribution in [0.15, 0.2) is 0 Å². The number of nitrogens with two attached hydrogens (primary N) is 1. The van der Waals surface area contributed by atoms with Gasteiger partial charge < -0.3 is 68.5 Å². The number of thioether (sulfide) groups is 1. The third-order valence-corrected chi connectivity index (χ3v) is 10.1. The molecule has 0 aliphatic rings. The Morgan fingerprint density at radius 2 is 0.921 bits per heavy atom. The smallest absolute Gasteiger partial charge is 0.326 e. The minimum absolute atomic E-state index is 0.00202. The van der Waals surface area contributed by atoms with Gasteiger partial charge in [-0.2, -0.15) is 11.8 Å². The van der Waals surface area contributed by atoms with Crippen molar-refractivity contribution < 1.29 is 78.3 Å². The average Bonchev–Trinajstić information content (AvgIpc) is 3.18. The van der Waals surface area contributed by atoms with Crippen molar-refractivity contribution in [3.63, 3.8) is 0 Å². The van der Waals surface area contributed by atoms with Gasteiger partial charge in [0, 0.05) is 12.8 Å². The number of carboxylic acid groups (broad SMARTS) is 4. The maximum atomic E-state index is 14.0. The van der Waals surface area contributed by atoms with Gasteiger partial charge in [-0.1, -0.05) is 34.1 Å². The summed E-state index contributed by atoms with van der Waals surface area (Å²) in [7, 11) is 0. The molecule has 0 fully saturated rings. The molecule has 14 N–H and O–H groups in total. The zero-order valence-corrected chi connectivity index (χ0v) is 37.2. The van der Waals surface area contributed by atoms with Crippen LogP contribution in [0.25, 0.3) is 0 Å². The summed E-state index contributed by atoms with van der Waals surface area (Å²) in [4.78, 5) is 140. The summed E-state index contributed by atoms with van der Waals surface area (Å²) in [6, 6.07) is -12.1. The van der Waals surface area contributed by atoms with Crippen LogP contribution in [-0.2, 0) is 52.7 Å². The van der Waals surface area contributed by atoms with Crippen LogP contribution in [0.1, 0.15) is 92.9 Å². The molecule has 0 unspecified atom stereocenters. The molecular formula is C38H64N8O16S. The van der Waals surface area contributed by atoms with Crippen LogP contribution in [0.2, 0.25) is 0 Å². The number of aliphatic hydroxyl groups is 1. The predicted octanol–water partition coefficient (Wildman–Crippen LogP) is -2.76. The SMILES string of the molecule is CC[C@H](C)[C@H](NC(=O)[C@H](CCC(=O)O)NC(=O)[C@H](CCC(=O)O)NC(=O)[C@@H](NC(=O)[C@H](C)N)[C@@H](C)O)C(=O)N[C@@H](CC(C)C)C(=O)N[C@@H](CCSC)C(=O)N[C@@H](CC(=O)O)C(=O)O. The largest absolute Gasteiger partial charge is 0.481 e. The fourth-order valence-electron chi connectivity index (χ4n) is 5.64. The molecule has 0 radical (unpaired) electrons. The molecule has 0 saturated heterocycles. The molecule has 0 rings (SSSR count). The van der Waals surface area contributed by atoms with E-state index in [1.165, 1.54) is 18.7 Å². The van der Waals surface area contributed by atoms with E-state index in [-0.39, 0.29) is 25.2 Å². The van der Waals surface area contributed by atoms with E-state index < -0.39 is 158 Å². The zero-order chi connectivity index (χ0) is 48.7. The number of carbonyl (C=O) groups excluding carboxylic acids is 7. The Morgan fingerprint density at radius 3 is 1.32 bits per heavy atom. The number of amides is 7. The molecule has 0 saturated carbocycles. The van der Waals surface area contributed by atoms with E-state index in [9.17, 15) is 73.2 Å². The third-order valence-electron chi connectivity index (χ3n) is 9.41. The van der Waals surface area contributed by atoms with Gasteiger partial charge in [0.2, 0.25) is 41.4 Å². The highest BCUT2D eigenvalue weighted by Gasteiger charge is 2.36. The summed E-state index contributed by atoms with van der Waals surface area (Å²) in [5, 5.41) is 63.9. The summed E-state index contributed by atoms with van der Waals surface area (Å²) < 4.78 is 0. The summed E-state index contributed by atoms with van der Waals surface area (Å²) >= 11 is 1.30. The molecule has 7 amide bonds. The maximum absolute atomic E-state index is 14.0. The number of aliphatic hydroxyl groups excluding tert-OH is 1. The van der Waals surface area contributed by atoms with Crippen molar-refractivity contribution in [3.05, 3.63) is 0 Å². The minimum atomic E-state index is -1.81. The van der Waals surface area contributed by atoms with E-state index in [1.54, 1.807) is 34.0 Å². The first-order valence-corrected chi connectivity index (χ1v) is 21.6. The normalized spacial score (nSPS) is 15.8. The van der Waals surface area contributed by atoms with Crippen molar-refractivity contribution in [2.24, 2.45) is 17.6 Å². The lowest BCUT2D eigenvalue weighted by atomic mass is 9.96. The zero-order valence-electron chi connectivity index (χ0n) is 36.4. The molecule has 25 heteroatoms. The van der Waals surface area contributed by atoms with Crippen LogP contribution < -0.4 is 43.0 Å². The van der Waals surface area contributed by atoms with Crippen molar-refractivity contribution in [1.82, 2.24) is 37.2 Å². The average molecular weight is 921 g/mol. The van der Waals surface area contributed by atoms with Crippen LogP contribution in [0.4, 0.5) is 0 Å². The highest BCUT2D eigenvalue weighted by atomic mass is 32.2. The fourth-order valence-corrected chi connectivity index (χ4v) is 6.11. The Morgan fingerprint density at radius 1 is 0.524 bits per heavy atom. The van der Waals surface area contributed by atoms with E-state index >= 15 is 0 Å². The van der Waals surface area contributed by atoms with Gasteiger partial charge in [-0.3, -0.25) is 47.9 Å². The highest BCUT2D eigenvalue weighted by Crippen LogP contribution is 2.14. The van der Waals surface area contributed by atoms with E-state index in [1.807, 2.05) is 0 Å². The third kappa shape index (κ3) is 22.4. The lowest BCUT2D eigenvalue weighted by molar-refractivity contribution is -0.147. The summed E-state index contributed by atoms with van der Waals surface area (Å²) in [6.45, 7) is 9.16. The van der Waals surface area contributed by atoms with Crippen LogP contribution in [0.5, 0.6) is 0 Å². The minimum Gasteiger partial charge on any atom is -0.481 e. The number of carboxylic acids is 4. The second-order valence-corrected chi connectivity index (χ2v) is 16.4. The number of nitrogens with one attached hydrogen (secondary N) is 7. The van der Waals surface area contributed by atoms with Crippen molar-refractivity contribution in [2.75, 3.05) is 12.0 Å². The van der Waals surface area contributed by atoms with Crippen LogP contribution >= 0.6 is 11.8 Å². The van der Waals surface area contributed by atoms with Gasteiger partial charge in [-0.05, 0) is 63.4 Å². The molecule has 0 aromatic heterocycles. The summed E-state index contributed by atoms with van der Waals surface area (Å²) in [5.41, 5.74) is 5.54. The van der Waals surface area contributed by atoms with Gasteiger partial charge in [0.1, 0.15) is 42.3 Å². The van der Waals surface area contributed by atoms with Crippen LogP contribution in [0, 0.1) is 11.8 Å². The standard InChI is InChI=1S/C38H64N8O16S/c1-8-18(4)29(36(59)43-24(15-17(2)3)35(58)41-23(13-14-63-7)33(56)44-25(38(61)62)16-28(52)53)45-34(57)22(10-12-27(50)51)40-32(55)21(9-11-26(48)49)42-37(60)30(20(6)47)46-31(54)19(5)39/h17-25,29-30,47H,8-16,39H2,1-7H3,(H,40,55)(H,41,58)(H,42,60)(H,43,59)(H,44,56)(H,45,57)(H,46,54)(H,48,49)(H,50,51)(H,52,53)(H,61,62)/t18-,19-,20+,21-,22-,23-,24-,25-,29-,30-/m0/s1. The molecule has 0 aliphatic carbocycles. The molecule has 24 nitrogen and oxygen atoms in total. The van der Waals surface area contributed by atoms with E-state index in [0.29, 0.717) is 5.75 Å². The van der Waals surface area contributed by atoms with Gasteiger partial charge in [0.25, 0.3) is 0 Å². The molecule has 0 aromatic carbocycles. The first-order chi connectivity index (χ1) is 29.2. The number of hydrogen-bond donors (Lipinski definition) is 13. The summed E-state index contributed by atoms with van der Waals surface area (Å²) in [5.74, 6) is -13.4. The van der Waals surface area contributed by atoms with E-state index in [0.717, 1.165) is 6.92 Å². The Balaban J connectivity index is 6.63. The van der Waals surface area contributed by atoms with Gasteiger partial charge in [0.05, 0.1) is 18.6 Å². The summed E-state index contributed by atoms with van der Waals surface area (Å²) in [6.07, 6.45) is -3.01. The molecule has 0 aliphatic heterocycles.